The number of carbonyl (C=O) groups is 2. The van der Waals surface area contributed by atoms with Crippen molar-refractivity contribution < 1.29 is 9.59 Å². The second-order valence-corrected chi connectivity index (χ2v) is 7.96. The molecule has 2 aliphatic rings. The fourth-order valence-electron chi connectivity index (χ4n) is 4.30. The Morgan fingerprint density at radius 3 is 2.18 bits per heavy atom. The van der Waals surface area contributed by atoms with Gasteiger partial charge in [-0.2, -0.15) is 0 Å². The molecule has 2 aliphatic heterocycles. The smallest absolute Gasteiger partial charge is 0.254 e. The standard InChI is InChI=1S/C23H26N2O2.ClH/c1-17-6-8-18(9-7-17)21(26)19-4-2-3-5-20(19)22(27)25-14-11-23(12-15-25)10-13-24-16-23;/h2-9,24H,10-16H2,1H3;1H. The summed E-state index contributed by atoms with van der Waals surface area (Å²) in [5.74, 6) is -0.112. The Kier molecular flexibility index (Phi) is 6.21. The minimum absolute atomic E-state index is 0. The first-order valence-electron chi connectivity index (χ1n) is 9.78. The number of nitrogens with one attached hydrogen (secondary N) is 1. The maximum absolute atomic E-state index is 13.2. The largest absolute Gasteiger partial charge is 0.339 e. The predicted octanol–water partition coefficient (Wildman–Crippen LogP) is 3.86. The Labute approximate surface area is 172 Å². The third kappa shape index (κ3) is 3.98. The van der Waals surface area contributed by atoms with E-state index in [1.165, 1.54) is 6.42 Å². The quantitative estimate of drug-likeness (QED) is 0.798. The van der Waals surface area contributed by atoms with Crippen molar-refractivity contribution in [2.24, 2.45) is 5.41 Å². The summed E-state index contributed by atoms with van der Waals surface area (Å²) in [7, 11) is 0. The number of hydrogen-bond acceptors (Lipinski definition) is 3. The SMILES string of the molecule is Cc1ccc(C(=O)c2ccccc2C(=O)N2CCC3(CCNC3)CC2)cc1.Cl. The number of benzene rings is 2. The monoisotopic (exact) mass is 398 g/mol. The highest BCUT2D eigenvalue weighted by atomic mass is 35.5. The molecular formula is C23H27ClN2O2. The summed E-state index contributed by atoms with van der Waals surface area (Å²) in [6.45, 7) is 5.69. The number of halogens is 1. The van der Waals surface area contributed by atoms with Crippen LogP contribution in [-0.2, 0) is 0 Å². The highest BCUT2D eigenvalue weighted by molar-refractivity contribution is 6.15. The second kappa shape index (κ2) is 8.46. The summed E-state index contributed by atoms with van der Waals surface area (Å²) < 4.78 is 0. The van der Waals surface area contributed by atoms with Crippen molar-refractivity contribution >= 4 is 24.1 Å². The number of amides is 1. The molecule has 2 saturated heterocycles. The zero-order chi connectivity index (χ0) is 18.9. The molecule has 5 heteroatoms. The van der Waals surface area contributed by atoms with Crippen LogP contribution in [-0.4, -0.2) is 42.8 Å². The molecule has 28 heavy (non-hydrogen) atoms. The van der Waals surface area contributed by atoms with E-state index < -0.39 is 0 Å². The average molecular weight is 399 g/mol. The lowest BCUT2D eigenvalue weighted by Crippen LogP contribution is -2.44. The first-order valence-corrected chi connectivity index (χ1v) is 9.78. The first-order chi connectivity index (χ1) is 13.1. The molecule has 4 nitrogen and oxygen atoms in total. The fourth-order valence-corrected chi connectivity index (χ4v) is 4.30. The minimum Gasteiger partial charge on any atom is -0.339 e. The van der Waals surface area contributed by atoms with Gasteiger partial charge in [0.2, 0.25) is 0 Å². The molecule has 2 fully saturated rings. The lowest BCUT2D eigenvalue weighted by molar-refractivity contribution is 0.0605. The summed E-state index contributed by atoms with van der Waals surface area (Å²) in [6.07, 6.45) is 3.29. The predicted molar refractivity (Wildman–Crippen MR) is 113 cm³/mol. The topological polar surface area (TPSA) is 49.4 Å². The van der Waals surface area contributed by atoms with Crippen LogP contribution in [0.5, 0.6) is 0 Å². The van der Waals surface area contributed by atoms with Gasteiger partial charge in [-0.05, 0) is 44.2 Å². The Bertz CT molecular complexity index is 847. The van der Waals surface area contributed by atoms with Crippen LogP contribution in [0.2, 0.25) is 0 Å². The van der Waals surface area contributed by atoms with E-state index >= 15 is 0 Å². The van der Waals surface area contributed by atoms with Crippen LogP contribution in [0, 0.1) is 12.3 Å². The molecule has 2 aromatic rings. The summed E-state index contributed by atoms with van der Waals surface area (Å²) in [5, 5.41) is 3.46. The van der Waals surface area contributed by atoms with Crippen LogP contribution in [0.1, 0.15) is 51.1 Å². The van der Waals surface area contributed by atoms with Gasteiger partial charge in [-0.1, -0.05) is 48.0 Å². The van der Waals surface area contributed by atoms with Crippen molar-refractivity contribution in [3.63, 3.8) is 0 Å². The van der Waals surface area contributed by atoms with Gasteiger partial charge in [0.25, 0.3) is 5.91 Å². The average Bonchev–Trinajstić information content (AvgIpc) is 3.16. The van der Waals surface area contributed by atoms with Gasteiger partial charge in [-0.25, -0.2) is 0 Å². The van der Waals surface area contributed by atoms with Gasteiger partial charge in [0.1, 0.15) is 0 Å². The molecule has 0 aromatic heterocycles. The third-order valence-electron chi connectivity index (χ3n) is 6.16. The van der Waals surface area contributed by atoms with Gasteiger partial charge >= 0.3 is 0 Å². The molecule has 2 heterocycles. The van der Waals surface area contributed by atoms with Crippen molar-refractivity contribution in [3.05, 3.63) is 70.8 Å². The first kappa shape index (κ1) is 20.6. The summed E-state index contributed by atoms with van der Waals surface area (Å²) >= 11 is 0. The van der Waals surface area contributed by atoms with E-state index in [4.69, 9.17) is 0 Å². The van der Waals surface area contributed by atoms with E-state index in [0.717, 1.165) is 44.6 Å². The van der Waals surface area contributed by atoms with E-state index in [9.17, 15) is 9.59 Å². The van der Waals surface area contributed by atoms with Crippen LogP contribution < -0.4 is 5.32 Å². The molecule has 0 saturated carbocycles. The van der Waals surface area contributed by atoms with E-state index in [1.54, 1.807) is 12.1 Å². The molecule has 4 rings (SSSR count). The number of carbonyl (C=O) groups excluding carboxylic acids is 2. The Morgan fingerprint density at radius 1 is 0.929 bits per heavy atom. The molecule has 0 aliphatic carbocycles. The molecule has 0 unspecified atom stereocenters. The van der Waals surface area contributed by atoms with E-state index in [0.29, 0.717) is 22.1 Å². The summed E-state index contributed by atoms with van der Waals surface area (Å²) in [5.41, 5.74) is 3.11. The molecule has 2 aromatic carbocycles. The van der Waals surface area contributed by atoms with Gasteiger partial charge in [0, 0.05) is 30.8 Å². The lowest BCUT2D eigenvalue weighted by Gasteiger charge is -2.39. The number of rotatable bonds is 3. The van der Waals surface area contributed by atoms with E-state index in [1.807, 2.05) is 48.2 Å². The van der Waals surface area contributed by atoms with Crippen LogP contribution in [0.15, 0.2) is 48.5 Å². The third-order valence-corrected chi connectivity index (χ3v) is 6.16. The molecule has 1 N–H and O–H groups in total. The van der Waals surface area contributed by atoms with Crippen molar-refractivity contribution in [1.29, 1.82) is 0 Å². The summed E-state index contributed by atoms with van der Waals surface area (Å²) in [6, 6.07) is 14.7. The fraction of sp³-hybridized carbons (Fsp3) is 0.391. The van der Waals surface area contributed by atoms with Gasteiger partial charge in [0.15, 0.2) is 5.78 Å². The number of likely N-dealkylation sites (tertiary alicyclic amines) is 1. The van der Waals surface area contributed by atoms with E-state index in [2.05, 4.69) is 5.32 Å². The highest BCUT2D eigenvalue weighted by Gasteiger charge is 2.38. The van der Waals surface area contributed by atoms with Gasteiger partial charge in [0.05, 0.1) is 5.56 Å². The maximum atomic E-state index is 13.2. The number of hydrogen-bond donors (Lipinski definition) is 1. The van der Waals surface area contributed by atoms with Crippen molar-refractivity contribution in [1.82, 2.24) is 10.2 Å². The molecular weight excluding hydrogens is 372 g/mol. The number of aryl methyl sites for hydroxylation is 1. The lowest BCUT2D eigenvalue weighted by atomic mass is 9.77. The number of nitrogens with zero attached hydrogens (tertiary/aromatic N) is 1. The molecule has 0 bridgehead atoms. The minimum atomic E-state index is -0.0903. The number of ketones is 1. The Morgan fingerprint density at radius 2 is 1.57 bits per heavy atom. The molecule has 148 valence electrons. The van der Waals surface area contributed by atoms with Crippen molar-refractivity contribution in [2.45, 2.75) is 26.2 Å². The highest BCUT2D eigenvalue weighted by Crippen LogP contribution is 2.37. The van der Waals surface area contributed by atoms with Crippen LogP contribution in [0.3, 0.4) is 0 Å². The Hall–Kier alpha value is -2.17. The number of piperidine rings is 1. The van der Waals surface area contributed by atoms with E-state index in [-0.39, 0.29) is 24.1 Å². The van der Waals surface area contributed by atoms with Gasteiger partial charge in [-0.15, -0.1) is 12.4 Å². The van der Waals surface area contributed by atoms with Crippen LogP contribution in [0.4, 0.5) is 0 Å². The molecule has 0 radical (unpaired) electrons. The zero-order valence-corrected chi connectivity index (χ0v) is 17.1. The van der Waals surface area contributed by atoms with Crippen molar-refractivity contribution in [3.8, 4) is 0 Å². The molecule has 0 atom stereocenters. The molecule has 1 amide bonds. The van der Waals surface area contributed by atoms with Crippen molar-refractivity contribution in [2.75, 3.05) is 26.2 Å². The maximum Gasteiger partial charge on any atom is 0.254 e. The second-order valence-electron chi connectivity index (χ2n) is 7.96. The normalized spacial score (nSPS) is 18.0. The molecule has 1 spiro atoms. The Balaban J connectivity index is 0.00000225. The van der Waals surface area contributed by atoms with Gasteiger partial charge in [-0.3, -0.25) is 9.59 Å². The zero-order valence-electron chi connectivity index (χ0n) is 16.2. The summed E-state index contributed by atoms with van der Waals surface area (Å²) in [4.78, 5) is 28.1. The van der Waals surface area contributed by atoms with Crippen LogP contribution in [0.25, 0.3) is 0 Å². The van der Waals surface area contributed by atoms with Gasteiger partial charge < -0.3 is 10.2 Å². The van der Waals surface area contributed by atoms with Crippen LogP contribution >= 0.6 is 12.4 Å².